The molecule has 0 amide bonds. The second-order valence-electron chi connectivity index (χ2n) is 6.51. The van der Waals surface area contributed by atoms with Gasteiger partial charge in [0.15, 0.2) is 0 Å². The van der Waals surface area contributed by atoms with Gasteiger partial charge in [0.05, 0.1) is 12.0 Å². The van der Waals surface area contributed by atoms with Gasteiger partial charge in [0, 0.05) is 24.8 Å². The third-order valence-corrected chi connectivity index (χ3v) is 4.35. The fourth-order valence-electron chi connectivity index (χ4n) is 2.78. The summed E-state index contributed by atoms with van der Waals surface area (Å²) in [6, 6.07) is 0. The van der Waals surface area contributed by atoms with Crippen LogP contribution in [0.4, 0.5) is 0 Å². The highest BCUT2D eigenvalue weighted by molar-refractivity contribution is 5.03. The minimum absolute atomic E-state index is 0.355. The first kappa shape index (κ1) is 14.5. The Hall–Kier alpha value is -0.870. The summed E-state index contributed by atoms with van der Waals surface area (Å²) >= 11 is 0. The number of hydrogen-bond donors (Lipinski definition) is 1. The molecule has 0 spiro atoms. The molecule has 108 valence electrons. The Bertz CT molecular complexity index is 391. The van der Waals surface area contributed by atoms with E-state index in [1.165, 1.54) is 25.0 Å². The SMILES string of the molecule is CC(C)CNCc1cncn1CC1(N(C)C)CCC1. The lowest BCUT2D eigenvalue weighted by Gasteiger charge is -2.47. The molecular weight excluding hydrogens is 236 g/mol. The molecule has 0 bridgehead atoms. The normalized spacial score (nSPS) is 18.0. The van der Waals surface area contributed by atoms with Crippen LogP contribution in [0.15, 0.2) is 12.5 Å². The zero-order valence-electron chi connectivity index (χ0n) is 12.8. The minimum atomic E-state index is 0.355. The third-order valence-electron chi connectivity index (χ3n) is 4.35. The minimum Gasteiger partial charge on any atom is -0.332 e. The third kappa shape index (κ3) is 3.37. The second-order valence-corrected chi connectivity index (χ2v) is 6.51. The quantitative estimate of drug-likeness (QED) is 0.819. The van der Waals surface area contributed by atoms with Gasteiger partial charge >= 0.3 is 0 Å². The van der Waals surface area contributed by atoms with Crippen LogP contribution in [0.2, 0.25) is 0 Å². The van der Waals surface area contributed by atoms with Crippen LogP contribution in [0.3, 0.4) is 0 Å². The smallest absolute Gasteiger partial charge is 0.0949 e. The van der Waals surface area contributed by atoms with Crippen LogP contribution in [0.25, 0.3) is 0 Å². The lowest BCUT2D eigenvalue weighted by atomic mass is 9.75. The van der Waals surface area contributed by atoms with Crippen molar-refractivity contribution in [3.63, 3.8) is 0 Å². The monoisotopic (exact) mass is 264 g/mol. The molecule has 0 atom stereocenters. The van der Waals surface area contributed by atoms with Crippen molar-refractivity contribution in [2.75, 3.05) is 20.6 Å². The van der Waals surface area contributed by atoms with Crippen LogP contribution in [0, 0.1) is 5.92 Å². The maximum absolute atomic E-state index is 4.33. The van der Waals surface area contributed by atoms with E-state index < -0.39 is 0 Å². The van der Waals surface area contributed by atoms with Gasteiger partial charge in [-0.25, -0.2) is 4.98 Å². The molecular formula is C15H28N4. The lowest BCUT2D eigenvalue weighted by Crippen LogP contribution is -2.53. The standard InChI is InChI=1S/C15H28N4/c1-13(2)8-16-9-14-10-17-12-19(14)11-15(18(3)4)6-5-7-15/h10,12-13,16H,5-9,11H2,1-4H3. The fourth-order valence-corrected chi connectivity index (χ4v) is 2.78. The summed E-state index contributed by atoms with van der Waals surface area (Å²) in [6.07, 6.45) is 7.94. The first-order chi connectivity index (χ1) is 9.03. The van der Waals surface area contributed by atoms with Gasteiger partial charge in [0.2, 0.25) is 0 Å². The molecule has 1 aromatic heterocycles. The highest BCUT2D eigenvalue weighted by atomic mass is 15.2. The summed E-state index contributed by atoms with van der Waals surface area (Å²) in [5, 5.41) is 3.50. The van der Waals surface area contributed by atoms with Crippen LogP contribution in [-0.4, -0.2) is 40.6 Å². The summed E-state index contributed by atoms with van der Waals surface area (Å²) < 4.78 is 2.33. The molecule has 1 heterocycles. The van der Waals surface area contributed by atoms with Crippen LogP contribution in [-0.2, 0) is 13.1 Å². The van der Waals surface area contributed by atoms with E-state index in [0.29, 0.717) is 11.5 Å². The molecule has 1 saturated carbocycles. The zero-order valence-corrected chi connectivity index (χ0v) is 12.8. The fraction of sp³-hybridized carbons (Fsp3) is 0.800. The van der Waals surface area contributed by atoms with E-state index in [0.717, 1.165) is 19.6 Å². The molecule has 4 heteroatoms. The maximum atomic E-state index is 4.33. The van der Waals surface area contributed by atoms with Crippen molar-refractivity contribution in [3.8, 4) is 0 Å². The number of aromatic nitrogens is 2. The highest BCUT2D eigenvalue weighted by Crippen LogP contribution is 2.37. The van der Waals surface area contributed by atoms with Crippen LogP contribution in [0.1, 0.15) is 38.8 Å². The highest BCUT2D eigenvalue weighted by Gasteiger charge is 2.39. The maximum Gasteiger partial charge on any atom is 0.0949 e. The van der Waals surface area contributed by atoms with Crippen LogP contribution >= 0.6 is 0 Å². The van der Waals surface area contributed by atoms with E-state index >= 15 is 0 Å². The van der Waals surface area contributed by atoms with Gasteiger partial charge < -0.3 is 14.8 Å². The molecule has 1 fully saturated rings. The van der Waals surface area contributed by atoms with E-state index in [4.69, 9.17) is 0 Å². The lowest BCUT2D eigenvalue weighted by molar-refractivity contribution is 0.0416. The molecule has 4 nitrogen and oxygen atoms in total. The Kier molecular flexibility index (Phi) is 4.63. The first-order valence-corrected chi connectivity index (χ1v) is 7.41. The van der Waals surface area contributed by atoms with Crippen LogP contribution < -0.4 is 5.32 Å². The van der Waals surface area contributed by atoms with Gasteiger partial charge in [-0.3, -0.25) is 0 Å². The van der Waals surface area contributed by atoms with Gasteiger partial charge in [0.1, 0.15) is 0 Å². The predicted octanol–water partition coefficient (Wildman–Crippen LogP) is 2.11. The Morgan fingerprint density at radius 1 is 1.42 bits per heavy atom. The summed E-state index contributed by atoms with van der Waals surface area (Å²) in [6.45, 7) is 7.52. The zero-order chi connectivity index (χ0) is 13.9. The second kappa shape index (κ2) is 6.06. The van der Waals surface area contributed by atoms with Gasteiger partial charge in [-0.15, -0.1) is 0 Å². The van der Waals surface area contributed by atoms with Crippen molar-refractivity contribution in [2.45, 2.75) is 51.7 Å². The van der Waals surface area contributed by atoms with Gasteiger partial charge in [-0.1, -0.05) is 13.8 Å². The molecule has 1 aromatic rings. The number of hydrogen-bond acceptors (Lipinski definition) is 3. The van der Waals surface area contributed by atoms with Crippen LogP contribution in [0.5, 0.6) is 0 Å². The molecule has 0 radical (unpaired) electrons. The largest absolute Gasteiger partial charge is 0.332 e. The van der Waals surface area contributed by atoms with Crippen molar-refractivity contribution >= 4 is 0 Å². The molecule has 1 aliphatic carbocycles. The predicted molar refractivity (Wildman–Crippen MR) is 79.0 cm³/mol. The molecule has 1 N–H and O–H groups in total. The van der Waals surface area contributed by atoms with E-state index in [-0.39, 0.29) is 0 Å². The van der Waals surface area contributed by atoms with Crippen molar-refractivity contribution < 1.29 is 0 Å². The Morgan fingerprint density at radius 2 is 2.16 bits per heavy atom. The van der Waals surface area contributed by atoms with Gasteiger partial charge in [-0.2, -0.15) is 0 Å². The Morgan fingerprint density at radius 3 is 2.68 bits per heavy atom. The van der Waals surface area contributed by atoms with Crippen molar-refractivity contribution in [2.24, 2.45) is 5.92 Å². The summed E-state index contributed by atoms with van der Waals surface area (Å²) in [4.78, 5) is 6.72. The summed E-state index contributed by atoms with van der Waals surface area (Å²) in [5.74, 6) is 0.691. The Balaban J connectivity index is 1.95. The average Bonchev–Trinajstić information content (AvgIpc) is 2.70. The summed E-state index contributed by atoms with van der Waals surface area (Å²) in [7, 11) is 4.40. The molecule has 0 saturated heterocycles. The van der Waals surface area contributed by atoms with Gasteiger partial charge in [-0.05, 0) is 45.8 Å². The number of nitrogens with one attached hydrogen (secondary N) is 1. The molecule has 0 aliphatic heterocycles. The van der Waals surface area contributed by atoms with E-state index in [9.17, 15) is 0 Å². The molecule has 1 aliphatic rings. The molecule has 0 unspecified atom stereocenters. The molecule has 2 rings (SSSR count). The Labute approximate surface area is 117 Å². The number of imidazole rings is 1. The molecule has 19 heavy (non-hydrogen) atoms. The topological polar surface area (TPSA) is 33.1 Å². The number of rotatable bonds is 7. The van der Waals surface area contributed by atoms with Crippen molar-refractivity contribution in [1.82, 2.24) is 19.8 Å². The van der Waals surface area contributed by atoms with E-state index in [2.05, 4.69) is 47.7 Å². The van der Waals surface area contributed by atoms with E-state index in [1.54, 1.807) is 0 Å². The first-order valence-electron chi connectivity index (χ1n) is 7.41. The number of nitrogens with zero attached hydrogens (tertiary/aromatic N) is 3. The average molecular weight is 264 g/mol. The molecule has 0 aromatic carbocycles. The van der Waals surface area contributed by atoms with Gasteiger partial charge in [0.25, 0.3) is 0 Å². The van der Waals surface area contributed by atoms with Crippen molar-refractivity contribution in [3.05, 3.63) is 18.2 Å². The van der Waals surface area contributed by atoms with Crippen molar-refractivity contribution in [1.29, 1.82) is 0 Å². The van der Waals surface area contributed by atoms with E-state index in [1.807, 2.05) is 12.5 Å². The number of likely N-dealkylation sites (N-methyl/N-ethyl adjacent to an activating group) is 1. The summed E-state index contributed by atoms with van der Waals surface area (Å²) in [5.41, 5.74) is 1.65.